The molecule has 2 aromatic rings. The summed E-state index contributed by atoms with van der Waals surface area (Å²) < 4.78 is 14.9. The van der Waals surface area contributed by atoms with Gasteiger partial charge in [-0.25, -0.2) is 14.1 Å². The number of hydrogen-bond donors (Lipinski definition) is 2. The van der Waals surface area contributed by atoms with Crippen molar-refractivity contribution in [3.63, 3.8) is 0 Å². The van der Waals surface area contributed by atoms with E-state index in [9.17, 15) is 4.39 Å². The smallest absolute Gasteiger partial charge is 0.175 e. The number of nitrogens with zero attached hydrogens (tertiary/aromatic N) is 4. The number of hydrogen-bond acceptors (Lipinski definition) is 4. The highest BCUT2D eigenvalue weighted by molar-refractivity contribution is 6.00. The summed E-state index contributed by atoms with van der Waals surface area (Å²) >= 11 is 0. The zero-order chi connectivity index (χ0) is 11.5. The van der Waals surface area contributed by atoms with Gasteiger partial charge in [0.25, 0.3) is 0 Å². The maximum Gasteiger partial charge on any atom is 0.175 e. The second-order valence-electron chi connectivity index (χ2n) is 2.96. The zero-order valence-electron chi connectivity index (χ0n) is 8.08. The fourth-order valence-electron chi connectivity index (χ4n) is 1.34. The quantitative estimate of drug-likeness (QED) is 0.334. The Balaban J connectivity index is 2.67. The molecule has 0 saturated heterocycles. The van der Waals surface area contributed by atoms with E-state index < -0.39 is 5.82 Å². The minimum atomic E-state index is -0.594. The number of oxime groups is 1. The van der Waals surface area contributed by atoms with Gasteiger partial charge in [-0.1, -0.05) is 11.2 Å². The van der Waals surface area contributed by atoms with Crippen LogP contribution < -0.4 is 5.73 Å². The molecule has 0 unspecified atom stereocenters. The Hall–Kier alpha value is -2.44. The first-order valence-electron chi connectivity index (χ1n) is 4.35. The third kappa shape index (κ3) is 1.58. The number of amidine groups is 1. The van der Waals surface area contributed by atoms with Crippen molar-refractivity contribution in [3.05, 3.63) is 42.2 Å². The molecule has 0 bridgehead atoms. The first-order chi connectivity index (χ1) is 7.74. The van der Waals surface area contributed by atoms with E-state index in [1.54, 1.807) is 6.07 Å². The van der Waals surface area contributed by atoms with Crippen LogP contribution in [0, 0.1) is 5.82 Å². The summed E-state index contributed by atoms with van der Waals surface area (Å²) in [6.07, 6.45) is 2.70. The van der Waals surface area contributed by atoms with Crippen LogP contribution in [0.4, 0.5) is 4.39 Å². The summed E-state index contributed by atoms with van der Waals surface area (Å²) in [5.41, 5.74) is 5.74. The molecule has 0 fully saturated rings. The fourth-order valence-corrected chi connectivity index (χ4v) is 1.34. The van der Waals surface area contributed by atoms with E-state index in [4.69, 9.17) is 10.9 Å². The molecule has 82 valence electrons. The van der Waals surface area contributed by atoms with Crippen molar-refractivity contribution in [2.45, 2.75) is 0 Å². The Morgan fingerprint density at radius 3 is 2.94 bits per heavy atom. The highest BCUT2D eigenvalue weighted by Crippen LogP contribution is 2.16. The third-order valence-corrected chi connectivity index (χ3v) is 2.02. The van der Waals surface area contributed by atoms with Gasteiger partial charge in [0, 0.05) is 0 Å². The van der Waals surface area contributed by atoms with E-state index in [-0.39, 0.29) is 11.4 Å². The molecular formula is C9H8FN5O. The Kier molecular flexibility index (Phi) is 2.50. The molecule has 0 aliphatic rings. The predicted molar refractivity (Wildman–Crippen MR) is 53.8 cm³/mol. The summed E-state index contributed by atoms with van der Waals surface area (Å²) in [7, 11) is 0. The van der Waals surface area contributed by atoms with Gasteiger partial charge >= 0.3 is 0 Å². The number of rotatable bonds is 2. The molecule has 0 radical (unpaired) electrons. The van der Waals surface area contributed by atoms with Crippen molar-refractivity contribution in [1.29, 1.82) is 0 Å². The molecule has 7 heteroatoms. The van der Waals surface area contributed by atoms with Crippen LogP contribution in [0.1, 0.15) is 5.56 Å². The molecule has 0 amide bonds. The molecular weight excluding hydrogens is 213 g/mol. The van der Waals surface area contributed by atoms with E-state index in [0.29, 0.717) is 5.69 Å². The maximum atomic E-state index is 13.5. The highest BCUT2D eigenvalue weighted by atomic mass is 19.1. The number of benzene rings is 1. The fraction of sp³-hybridized carbons (Fsp3) is 0. The van der Waals surface area contributed by atoms with E-state index in [0.717, 1.165) is 0 Å². The number of nitrogens with two attached hydrogens (primary N) is 1. The molecule has 3 N–H and O–H groups in total. The number of aromatic nitrogens is 3. The molecule has 16 heavy (non-hydrogen) atoms. The van der Waals surface area contributed by atoms with Gasteiger partial charge in [-0.05, 0) is 12.1 Å². The van der Waals surface area contributed by atoms with Crippen LogP contribution in [0.5, 0.6) is 0 Å². The Morgan fingerprint density at radius 1 is 1.50 bits per heavy atom. The second kappa shape index (κ2) is 3.97. The van der Waals surface area contributed by atoms with Crippen LogP contribution in [0.15, 0.2) is 36.0 Å². The van der Waals surface area contributed by atoms with Crippen molar-refractivity contribution in [1.82, 2.24) is 14.8 Å². The minimum absolute atomic E-state index is 0.0181. The van der Waals surface area contributed by atoms with E-state index in [2.05, 4.69) is 15.2 Å². The molecule has 1 heterocycles. The van der Waals surface area contributed by atoms with Crippen molar-refractivity contribution < 1.29 is 9.60 Å². The Morgan fingerprint density at radius 2 is 2.31 bits per heavy atom. The summed E-state index contributed by atoms with van der Waals surface area (Å²) in [5, 5.41) is 15.2. The summed E-state index contributed by atoms with van der Waals surface area (Å²) in [4.78, 5) is 3.74. The van der Waals surface area contributed by atoms with E-state index in [1.165, 1.54) is 29.5 Å². The van der Waals surface area contributed by atoms with Gasteiger partial charge in [-0.15, -0.1) is 0 Å². The van der Waals surface area contributed by atoms with Gasteiger partial charge < -0.3 is 10.9 Å². The van der Waals surface area contributed by atoms with Gasteiger partial charge in [0.2, 0.25) is 0 Å². The minimum Gasteiger partial charge on any atom is -0.409 e. The average Bonchev–Trinajstić information content (AvgIpc) is 2.81. The zero-order valence-corrected chi connectivity index (χ0v) is 8.08. The molecule has 0 aliphatic heterocycles. The van der Waals surface area contributed by atoms with Crippen molar-refractivity contribution in [2.24, 2.45) is 10.9 Å². The van der Waals surface area contributed by atoms with Crippen LogP contribution in [-0.4, -0.2) is 25.8 Å². The topological polar surface area (TPSA) is 89.3 Å². The Bertz CT molecular complexity index is 523. The molecule has 1 aromatic heterocycles. The first kappa shape index (κ1) is 10.1. The van der Waals surface area contributed by atoms with Crippen molar-refractivity contribution in [3.8, 4) is 5.69 Å². The maximum absolute atomic E-state index is 13.5. The molecule has 1 aromatic carbocycles. The van der Waals surface area contributed by atoms with Crippen LogP contribution in [0.3, 0.4) is 0 Å². The SMILES string of the molecule is NC(=NO)c1c(F)cccc1-n1cncn1. The number of halogens is 1. The van der Waals surface area contributed by atoms with Crippen molar-refractivity contribution >= 4 is 5.84 Å². The average molecular weight is 221 g/mol. The first-order valence-corrected chi connectivity index (χ1v) is 4.35. The predicted octanol–water partition coefficient (Wildman–Crippen LogP) is 0.501. The Labute approximate surface area is 89.8 Å². The van der Waals surface area contributed by atoms with Crippen LogP contribution in [-0.2, 0) is 0 Å². The third-order valence-electron chi connectivity index (χ3n) is 2.02. The van der Waals surface area contributed by atoms with E-state index >= 15 is 0 Å². The van der Waals surface area contributed by atoms with Crippen molar-refractivity contribution in [2.75, 3.05) is 0 Å². The second-order valence-corrected chi connectivity index (χ2v) is 2.96. The van der Waals surface area contributed by atoms with Gasteiger partial charge in [-0.3, -0.25) is 0 Å². The van der Waals surface area contributed by atoms with E-state index in [1.807, 2.05) is 0 Å². The largest absolute Gasteiger partial charge is 0.409 e. The summed E-state index contributed by atoms with van der Waals surface area (Å²) in [6, 6.07) is 4.30. The molecule has 0 atom stereocenters. The molecule has 0 aliphatic carbocycles. The highest BCUT2D eigenvalue weighted by Gasteiger charge is 2.14. The normalized spacial score (nSPS) is 11.7. The molecule has 0 saturated carbocycles. The lowest BCUT2D eigenvalue weighted by molar-refractivity contribution is 0.318. The monoisotopic (exact) mass is 221 g/mol. The lowest BCUT2D eigenvalue weighted by atomic mass is 10.1. The van der Waals surface area contributed by atoms with Crippen LogP contribution in [0.2, 0.25) is 0 Å². The molecule has 0 spiro atoms. The van der Waals surface area contributed by atoms with Gasteiger partial charge in [0.05, 0.1) is 11.3 Å². The molecule has 2 rings (SSSR count). The van der Waals surface area contributed by atoms with Crippen LogP contribution >= 0.6 is 0 Å². The van der Waals surface area contributed by atoms with Gasteiger partial charge in [-0.2, -0.15) is 5.10 Å². The van der Waals surface area contributed by atoms with Crippen LogP contribution in [0.25, 0.3) is 5.69 Å². The standard InChI is InChI=1S/C9H8FN5O/c10-6-2-1-3-7(8(6)9(11)14-16)15-5-12-4-13-15/h1-5,16H,(H2,11,14). The summed E-state index contributed by atoms with van der Waals surface area (Å²) in [6.45, 7) is 0. The summed E-state index contributed by atoms with van der Waals surface area (Å²) in [5.74, 6) is -0.910. The van der Waals surface area contributed by atoms with Gasteiger partial charge in [0.1, 0.15) is 18.5 Å². The molecule has 6 nitrogen and oxygen atoms in total. The lowest BCUT2D eigenvalue weighted by Crippen LogP contribution is -2.18. The lowest BCUT2D eigenvalue weighted by Gasteiger charge is -2.08. The van der Waals surface area contributed by atoms with Gasteiger partial charge in [0.15, 0.2) is 5.84 Å².